The van der Waals surface area contributed by atoms with Crippen LogP contribution in [0.3, 0.4) is 0 Å². The van der Waals surface area contributed by atoms with Crippen molar-refractivity contribution >= 4 is 23.5 Å². The highest BCUT2D eigenvalue weighted by Gasteiger charge is 2.41. The molecule has 2 N–H and O–H groups in total. The third kappa shape index (κ3) is 5.82. The van der Waals surface area contributed by atoms with Crippen LogP contribution in [-0.4, -0.2) is 23.5 Å². The van der Waals surface area contributed by atoms with Crippen LogP contribution in [0.25, 0.3) is 11.1 Å². The van der Waals surface area contributed by atoms with Gasteiger partial charge in [0.1, 0.15) is 0 Å². The summed E-state index contributed by atoms with van der Waals surface area (Å²) in [7, 11) is 0. The standard InChI is InChI=1S/C28H28ClNO3/c29-24-12-6-19(7-13-24)18-23(16-17-30-27(31)25-14-15-26(25)28(32)33)22-10-8-21(9-11-22)20-4-2-1-3-5-20/h1-13,23,25-26H,14-18H2,(H,30,31)(H,32,33). The summed E-state index contributed by atoms with van der Waals surface area (Å²) in [4.78, 5) is 23.7. The van der Waals surface area contributed by atoms with Crippen LogP contribution in [0.4, 0.5) is 0 Å². The van der Waals surface area contributed by atoms with Crippen LogP contribution < -0.4 is 5.32 Å². The first-order valence-corrected chi connectivity index (χ1v) is 11.8. The first-order chi connectivity index (χ1) is 16.0. The number of carboxylic acids is 1. The smallest absolute Gasteiger partial charge is 0.307 e. The fourth-order valence-corrected chi connectivity index (χ4v) is 4.61. The minimum Gasteiger partial charge on any atom is -0.481 e. The molecule has 1 aliphatic rings. The molecule has 5 heteroatoms. The Labute approximate surface area is 199 Å². The van der Waals surface area contributed by atoms with Crippen molar-refractivity contribution in [3.8, 4) is 11.1 Å². The summed E-state index contributed by atoms with van der Waals surface area (Å²) in [6, 6.07) is 26.8. The topological polar surface area (TPSA) is 66.4 Å². The van der Waals surface area contributed by atoms with E-state index in [1.165, 1.54) is 22.3 Å². The van der Waals surface area contributed by atoms with E-state index in [-0.39, 0.29) is 11.8 Å². The highest BCUT2D eigenvalue weighted by atomic mass is 35.5. The Hall–Kier alpha value is -3.11. The molecule has 170 valence electrons. The zero-order chi connectivity index (χ0) is 23.2. The molecule has 1 fully saturated rings. The maximum absolute atomic E-state index is 12.5. The van der Waals surface area contributed by atoms with Crippen LogP contribution in [-0.2, 0) is 16.0 Å². The maximum Gasteiger partial charge on any atom is 0.307 e. The molecule has 0 bridgehead atoms. The van der Waals surface area contributed by atoms with Gasteiger partial charge in [-0.05, 0) is 66.0 Å². The van der Waals surface area contributed by atoms with Crippen LogP contribution in [0.1, 0.15) is 36.3 Å². The number of carbonyl (C=O) groups excluding carboxylic acids is 1. The Morgan fingerprint density at radius 2 is 1.52 bits per heavy atom. The number of hydrogen-bond acceptors (Lipinski definition) is 2. The lowest BCUT2D eigenvalue weighted by atomic mass is 9.73. The molecule has 1 saturated carbocycles. The summed E-state index contributed by atoms with van der Waals surface area (Å²) < 4.78 is 0. The Morgan fingerprint density at radius 3 is 2.12 bits per heavy atom. The second-order valence-electron chi connectivity index (χ2n) is 8.72. The van der Waals surface area contributed by atoms with Gasteiger partial charge in [0.15, 0.2) is 0 Å². The number of aliphatic carboxylic acids is 1. The summed E-state index contributed by atoms with van der Waals surface area (Å²) in [5.41, 5.74) is 4.75. The van der Waals surface area contributed by atoms with Gasteiger partial charge in [0.25, 0.3) is 0 Å². The lowest BCUT2D eigenvalue weighted by Crippen LogP contribution is -2.44. The van der Waals surface area contributed by atoms with Crippen molar-refractivity contribution in [2.24, 2.45) is 11.8 Å². The number of benzene rings is 3. The molecular formula is C28H28ClNO3. The minimum atomic E-state index is -0.875. The van der Waals surface area contributed by atoms with Gasteiger partial charge in [0.2, 0.25) is 5.91 Å². The van der Waals surface area contributed by atoms with Gasteiger partial charge in [-0.25, -0.2) is 0 Å². The minimum absolute atomic E-state index is 0.140. The number of carboxylic acid groups (broad SMARTS) is 1. The molecule has 0 radical (unpaired) electrons. The zero-order valence-electron chi connectivity index (χ0n) is 18.4. The van der Waals surface area contributed by atoms with Gasteiger partial charge >= 0.3 is 5.97 Å². The molecular weight excluding hydrogens is 434 g/mol. The molecule has 33 heavy (non-hydrogen) atoms. The highest BCUT2D eigenvalue weighted by molar-refractivity contribution is 6.30. The van der Waals surface area contributed by atoms with Gasteiger partial charge in [-0.2, -0.15) is 0 Å². The summed E-state index contributed by atoms with van der Waals surface area (Å²) in [5.74, 6) is -1.74. The molecule has 0 aromatic heterocycles. The van der Waals surface area contributed by atoms with E-state index < -0.39 is 17.8 Å². The van der Waals surface area contributed by atoms with Crippen LogP contribution in [0.15, 0.2) is 78.9 Å². The summed E-state index contributed by atoms with van der Waals surface area (Å²) in [6.45, 7) is 0.514. The molecule has 0 heterocycles. The van der Waals surface area contributed by atoms with Gasteiger partial charge in [-0.1, -0.05) is 78.3 Å². The van der Waals surface area contributed by atoms with E-state index in [1.54, 1.807) is 0 Å². The molecule has 3 aromatic carbocycles. The number of carbonyl (C=O) groups is 2. The van der Waals surface area contributed by atoms with Crippen molar-refractivity contribution in [1.29, 1.82) is 0 Å². The number of hydrogen-bond donors (Lipinski definition) is 2. The SMILES string of the molecule is O=C(O)C1CCC1C(=O)NCCC(Cc1ccc(Cl)cc1)c1ccc(-c2ccccc2)cc1. The number of nitrogens with one attached hydrogen (secondary N) is 1. The second-order valence-corrected chi connectivity index (χ2v) is 9.16. The molecule has 1 amide bonds. The summed E-state index contributed by atoms with van der Waals surface area (Å²) in [6.07, 6.45) is 2.83. The molecule has 0 saturated heterocycles. The Bertz CT molecular complexity index is 1080. The largest absolute Gasteiger partial charge is 0.481 e. The van der Waals surface area contributed by atoms with E-state index in [0.717, 1.165) is 12.8 Å². The predicted molar refractivity (Wildman–Crippen MR) is 131 cm³/mol. The fraction of sp³-hybridized carbons (Fsp3) is 0.286. The van der Waals surface area contributed by atoms with Crippen LogP contribution in [0, 0.1) is 11.8 Å². The normalized spacial score (nSPS) is 18.2. The van der Waals surface area contributed by atoms with Crippen LogP contribution in [0.5, 0.6) is 0 Å². The first kappa shape index (κ1) is 23.1. The third-order valence-corrected chi connectivity index (χ3v) is 6.86. The Morgan fingerprint density at radius 1 is 0.879 bits per heavy atom. The average Bonchev–Trinajstić information content (AvgIpc) is 2.79. The van der Waals surface area contributed by atoms with Gasteiger partial charge in [0, 0.05) is 11.6 Å². The van der Waals surface area contributed by atoms with E-state index in [9.17, 15) is 14.7 Å². The van der Waals surface area contributed by atoms with Gasteiger partial charge in [-0.3, -0.25) is 9.59 Å². The molecule has 4 nitrogen and oxygen atoms in total. The average molecular weight is 462 g/mol. The molecule has 1 aliphatic carbocycles. The summed E-state index contributed by atoms with van der Waals surface area (Å²) in [5, 5.41) is 12.9. The fourth-order valence-electron chi connectivity index (χ4n) is 4.48. The van der Waals surface area contributed by atoms with Crippen LogP contribution in [0.2, 0.25) is 5.02 Å². The molecule has 3 atom stereocenters. The second kappa shape index (κ2) is 10.7. The van der Waals surface area contributed by atoms with Crippen molar-refractivity contribution < 1.29 is 14.7 Å². The predicted octanol–water partition coefficient (Wildman–Crippen LogP) is 5.95. The van der Waals surface area contributed by atoms with Crippen molar-refractivity contribution in [3.05, 3.63) is 95.0 Å². The van der Waals surface area contributed by atoms with Crippen molar-refractivity contribution in [1.82, 2.24) is 5.32 Å². The van der Waals surface area contributed by atoms with Gasteiger partial charge in [0.05, 0.1) is 11.8 Å². The maximum atomic E-state index is 12.5. The van der Waals surface area contributed by atoms with Gasteiger partial charge < -0.3 is 10.4 Å². The Balaban J connectivity index is 1.44. The van der Waals surface area contributed by atoms with Gasteiger partial charge in [-0.15, -0.1) is 0 Å². The Kier molecular flexibility index (Phi) is 7.46. The quantitative estimate of drug-likeness (QED) is 0.413. The number of halogens is 1. The molecule has 3 aromatic rings. The highest BCUT2D eigenvalue weighted by Crippen LogP contribution is 2.34. The third-order valence-electron chi connectivity index (χ3n) is 6.60. The molecule has 0 aliphatic heterocycles. The molecule has 0 spiro atoms. The lowest BCUT2D eigenvalue weighted by molar-refractivity contribution is -0.152. The van der Waals surface area contributed by atoms with E-state index in [2.05, 4.69) is 41.7 Å². The van der Waals surface area contributed by atoms with Crippen molar-refractivity contribution in [2.45, 2.75) is 31.6 Å². The van der Waals surface area contributed by atoms with E-state index in [4.69, 9.17) is 11.6 Å². The molecule has 4 rings (SSSR count). The first-order valence-electron chi connectivity index (χ1n) is 11.4. The summed E-state index contributed by atoms with van der Waals surface area (Å²) >= 11 is 6.05. The lowest BCUT2D eigenvalue weighted by Gasteiger charge is -2.32. The number of rotatable bonds is 9. The van der Waals surface area contributed by atoms with Crippen molar-refractivity contribution in [3.63, 3.8) is 0 Å². The van der Waals surface area contributed by atoms with E-state index in [0.29, 0.717) is 24.4 Å². The van der Waals surface area contributed by atoms with Crippen LogP contribution >= 0.6 is 11.6 Å². The van der Waals surface area contributed by atoms with E-state index >= 15 is 0 Å². The number of amides is 1. The van der Waals surface area contributed by atoms with E-state index in [1.807, 2.05) is 42.5 Å². The molecule has 3 unspecified atom stereocenters. The monoisotopic (exact) mass is 461 g/mol. The van der Waals surface area contributed by atoms with Crippen molar-refractivity contribution in [2.75, 3.05) is 6.54 Å². The zero-order valence-corrected chi connectivity index (χ0v) is 19.2.